The summed E-state index contributed by atoms with van der Waals surface area (Å²) in [6.07, 6.45) is 1.67. The zero-order valence-electron chi connectivity index (χ0n) is 10.6. The fourth-order valence-corrected chi connectivity index (χ4v) is 2.01. The molecule has 106 valence electrons. The Morgan fingerprint density at radius 2 is 2.00 bits per heavy atom. The van der Waals surface area contributed by atoms with Gasteiger partial charge in [-0.05, 0) is 24.6 Å². The van der Waals surface area contributed by atoms with Gasteiger partial charge in [0.2, 0.25) is 10.0 Å². The van der Waals surface area contributed by atoms with Gasteiger partial charge in [0.05, 0.1) is 11.8 Å². The van der Waals surface area contributed by atoms with Crippen LogP contribution in [0.5, 0.6) is 0 Å². The minimum absolute atomic E-state index is 0.319. The molecule has 1 aromatic rings. The Labute approximate surface area is 112 Å². The Kier molecular flexibility index (Phi) is 5.13. The molecule has 0 bridgehead atoms. The summed E-state index contributed by atoms with van der Waals surface area (Å²) < 4.78 is 24.1. The van der Waals surface area contributed by atoms with Gasteiger partial charge in [0.25, 0.3) is 5.91 Å². The molecule has 0 atom stereocenters. The van der Waals surface area contributed by atoms with Crippen LogP contribution >= 0.6 is 0 Å². The number of sulfonamides is 1. The van der Waals surface area contributed by atoms with Crippen LogP contribution in [0.1, 0.15) is 16.8 Å². The molecule has 0 saturated heterocycles. The number of primary amides is 1. The molecule has 0 heterocycles. The standard InChI is InChI=1S/C11H18N4O3S/c1-19(17,18)15-6-2-5-14-10-7-8(12)3-4-9(10)11(13)16/h3-4,7,14-15H,2,5-6,12H2,1H3,(H2,13,16). The van der Waals surface area contributed by atoms with Crippen molar-refractivity contribution in [3.05, 3.63) is 23.8 Å². The summed E-state index contributed by atoms with van der Waals surface area (Å²) in [5, 5.41) is 3.01. The number of nitrogens with two attached hydrogens (primary N) is 2. The number of rotatable bonds is 7. The number of nitrogens with one attached hydrogen (secondary N) is 2. The molecular weight excluding hydrogens is 268 g/mol. The van der Waals surface area contributed by atoms with Crippen molar-refractivity contribution in [1.29, 1.82) is 0 Å². The third-order valence-electron chi connectivity index (χ3n) is 2.34. The lowest BCUT2D eigenvalue weighted by Gasteiger charge is -2.11. The van der Waals surface area contributed by atoms with Crippen molar-refractivity contribution < 1.29 is 13.2 Å². The van der Waals surface area contributed by atoms with Crippen molar-refractivity contribution in [2.45, 2.75) is 6.42 Å². The SMILES string of the molecule is CS(=O)(=O)NCCCNc1cc(N)ccc1C(N)=O. The highest BCUT2D eigenvalue weighted by Crippen LogP contribution is 2.18. The number of carbonyl (C=O) groups is 1. The second kappa shape index (κ2) is 6.39. The molecule has 0 saturated carbocycles. The number of nitrogen functional groups attached to an aromatic ring is 1. The highest BCUT2D eigenvalue weighted by Gasteiger charge is 2.07. The number of anilines is 2. The van der Waals surface area contributed by atoms with Crippen LogP contribution in [0.4, 0.5) is 11.4 Å². The summed E-state index contributed by atoms with van der Waals surface area (Å²) >= 11 is 0. The topological polar surface area (TPSA) is 127 Å². The number of hydrogen-bond acceptors (Lipinski definition) is 5. The zero-order valence-corrected chi connectivity index (χ0v) is 11.5. The van der Waals surface area contributed by atoms with Crippen LogP contribution in [-0.4, -0.2) is 33.7 Å². The molecule has 6 N–H and O–H groups in total. The van der Waals surface area contributed by atoms with Crippen LogP contribution < -0.4 is 21.5 Å². The van der Waals surface area contributed by atoms with Gasteiger partial charge in [-0.1, -0.05) is 0 Å². The summed E-state index contributed by atoms with van der Waals surface area (Å²) in [6.45, 7) is 0.812. The second-order valence-electron chi connectivity index (χ2n) is 4.12. The predicted molar refractivity (Wildman–Crippen MR) is 75.3 cm³/mol. The van der Waals surface area contributed by atoms with Crippen LogP contribution in [0.15, 0.2) is 18.2 Å². The van der Waals surface area contributed by atoms with Crippen molar-refractivity contribution >= 4 is 27.3 Å². The fraction of sp³-hybridized carbons (Fsp3) is 0.364. The molecule has 0 unspecified atom stereocenters. The monoisotopic (exact) mass is 286 g/mol. The minimum Gasteiger partial charge on any atom is -0.399 e. The van der Waals surface area contributed by atoms with Crippen LogP contribution in [-0.2, 0) is 10.0 Å². The van der Waals surface area contributed by atoms with E-state index in [0.29, 0.717) is 36.4 Å². The lowest BCUT2D eigenvalue weighted by Crippen LogP contribution is -2.24. The van der Waals surface area contributed by atoms with E-state index < -0.39 is 15.9 Å². The maximum Gasteiger partial charge on any atom is 0.250 e. The first kappa shape index (κ1) is 15.3. The maximum absolute atomic E-state index is 11.2. The number of benzene rings is 1. The lowest BCUT2D eigenvalue weighted by molar-refractivity contribution is 0.100. The van der Waals surface area contributed by atoms with E-state index in [2.05, 4.69) is 10.0 Å². The van der Waals surface area contributed by atoms with E-state index in [9.17, 15) is 13.2 Å². The summed E-state index contributed by atoms with van der Waals surface area (Å²) in [6, 6.07) is 4.76. The molecule has 0 aromatic heterocycles. The third kappa shape index (κ3) is 5.58. The Hall–Kier alpha value is -1.80. The van der Waals surface area contributed by atoms with E-state index in [0.717, 1.165) is 6.26 Å². The summed E-state index contributed by atoms with van der Waals surface area (Å²) in [5.41, 5.74) is 12.3. The van der Waals surface area contributed by atoms with Crippen molar-refractivity contribution in [1.82, 2.24) is 4.72 Å². The molecule has 1 aromatic carbocycles. The number of hydrogen-bond donors (Lipinski definition) is 4. The number of amides is 1. The van der Waals surface area contributed by atoms with E-state index in [1.165, 1.54) is 0 Å². The van der Waals surface area contributed by atoms with Gasteiger partial charge in [-0.2, -0.15) is 0 Å². The second-order valence-corrected chi connectivity index (χ2v) is 5.95. The van der Waals surface area contributed by atoms with Gasteiger partial charge in [0.15, 0.2) is 0 Å². The molecule has 0 radical (unpaired) electrons. The van der Waals surface area contributed by atoms with Gasteiger partial charge >= 0.3 is 0 Å². The van der Waals surface area contributed by atoms with E-state index in [1.54, 1.807) is 18.2 Å². The highest BCUT2D eigenvalue weighted by atomic mass is 32.2. The average Bonchev–Trinajstić information content (AvgIpc) is 2.26. The molecule has 0 spiro atoms. The van der Waals surface area contributed by atoms with Crippen LogP contribution in [0.3, 0.4) is 0 Å². The van der Waals surface area contributed by atoms with Gasteiger partial charge in [-0.25, -0.2) is 13.1 Å². The van der Waals surface area contributed by atoms with Crippen molar-refractivity contribution in [3.8, 4) is 0 Å². The van der Waals surface area contributed by atoms with Crippen LogP contribution in [0.2, 0.25) is 0 Å². The fourth-order valence-electron chi connectivity index (χ4n) is 1.49. The van der Waals surface area contributed by atoms with Gasteiger partial charge in [-0.15, -0.1) is 0 Å². The van der Waals surface area contributed by atoms with Gasteiger partial charge < -0.3 is 16.8 Å². The first-order valence-corrected chi connectivity index (χ1v) is 7.56. The molecular formula is C11H18N4O3S. The summed E-state index contributed by atoms with van der Waals surface area (Å²) in [4.78, 5) is 11.2. The number of carbonyl (C=O) groups excluding carboxylic acids is 1. The van der Waals surface area contributed by atoms with Crippen LogP contribution in [0, 0.1) is 0 Å². The molecule has 0 fully saturated rings. The largest absolute Gasteiger partial charge is 0.399 e. The molecule has 1 amide bonds. The predicted octanol–water partition coefficient (Wildman–Crippen LogP) is -0.281. The van der Waals surface area contributed by atoms with E-state index in [1.807, 2.05) is 0 Å². The van der Waals surface area contributed by atoms with Gasteiger partial charge in [0.1, 0.15) is 0 Å². The van der Waals surface area contributed by atoms with Crippen molar-refractivity contribution in [3.63, 3.8) is 0 Å². The summed E-state index contributed by atoms with van der Waals surface area (Å²) in [7, 11) is -3.17. The normalized spacial score (nSPS) is 11.2. The minimum atomic E-state index is -3.17. The molecule has 0 aliphatic heterocycles. The molecule has 1 rings (SSSR count). The molecule has 8 heteroatoms. The quantitative estimate of drug-likeness (QED) is 0.405. The van der Waals surface area contributed by atoms with Gasteiger partial charge in [-0.3, -0.25) is 4.79 Å². The molecule has 19 heavy (non-hydrogen) atoms. The first-order valence-electron chi connectivity index (χ1n) is 5.67. The van der Waals surface area contributed by atoms with E-state index in [-0.39, 0.29) is 0 Å². The van der Waals surface area contributed by atoms with Gasteiger partial charge in [0, 0.05) is 24.5 Å². The summed E-state index contributed by atoms with van der Waals surface area (Å²) in [5.74, 6) is -0.545. The Morgan fingerprint density at radius 3 is 2.58 bits per heavy atom. The van der Waals surface area contributed by atoms with E-state index in [4.69, 9.17) is 11.5 Å². The Balaban J connectivity index is 2.53. The van der Waals surface area contributed by atoms with E-state index >= 15 is 0 Å². The lowest BCUT2D eigenvalue weighted by atomic mass is 10.1. The van der Waals surface area contributed by atoms with Crippen molar-refractivity contribution in [2.24, 2.45) is 5.73 Å². The molecule has 0 aliphatic carbocycles. The third-order valence-corrected chi connectivity index (χ3v) is 3.07. The van der Waals surface area contributed by atoms with Crippen molar-refractivity contribution in [2.75, 3.05) is 30.4 Å². The Morgan fingerprint density at radius 1 is 1.32 bits per heavy atom. The highest BCUT2D eigenvalue weighted by molar-refractivity contribution is 7.88. The zero-order chi connectivity index (χ0) is 14.5. The molecule has 7 nitrogen and oxygen atoms in total. The van der Waals surface area contributed by atoms with Crippen LogP contribution in [0.25, 0.3) is 0 Å². The Bertz CT molecular complexity index is 557. The maximum atomic E-state index is 11.2. The molecule has 0 aliphatic rings. The first-order chi connectivity index (χ1) is 8.79. The average molecular weight is 286 g/mol. The smallest absolute Gasteiger partial charge is 0.250 e.